The molecule has 0 saturated heterocycles. The van der Waals surface area contributed by atoms with Gasteiger partial charge in [0.15, 0.2) is 24.1 Å². The Balaban J connectivity index is 0.00000512. The first-order valence-corrected chi connectivity index (χ1v) is 10.3. The molecule has 176 valence electrons. The number of aryl methyl sites for hydroxylation is 1. The molecule has 0 bridgehead atoms. The number of carbonyl (C=O) groups excluding carboxylic acids is 1. The number of aliphatic imine (C=N–C) groups is 1. The SMILES string of the molecule is CCNC(=O)COc1ccc(CNC(=NCc2ccc(F)c(C)c2)NCC)cc1OC.I. The van der Waals surface area contributed by atoms with Crippen molar-refractivity contribution in [2.45, 2.75) is 33.9 Å². The van der Waals surface area contributed by atoms with Crippen molar-refractivity contribution >= 4 is 35.8 Å². The van der Waals surface area contributed by atoms with Crippen molar-refractivity contribution in [3.05, 3.63) is 58.9 Å². The van der Waals surface area contributed by atoms with E-state index in [0.717, 1.165) is 11.1 Å². The minimum absolute atomic E-state index is 0. The Bertz CT molecular complexity index is 909. The van der Waals surface area contributed by atoms with Crippen LogP contribution >= 0.6 is 24.0 Å². The Morgan fingerprint density at radius 3 is 2.38 bits per heavy atom. The highest BCUT2D eigenvalue weighted by Gasteiger charge is 2.09. The zero-order valence-electron chi connectivity index (χ0n) is 19.0. The minimum atomic E-state index is -0.217. The maximum absolute atomic E-state index is 13.4. The van der Waals surface area contributed by atoms with E-state index in [2.05, 4.69) is 20.9 Å². The molecule has 2 aromatic rings. The summed E-state index contributed by atoms with van der Waals surface area (Å²) in [7, 11) is 1.56. The third-order valence-corrected chi connectivity index (χ3v) is 4.41. The second-order valence-electron chi connectivity index (χ2n) is 6.86. The van der Waals surface area contributed by atoms with Crippen LogP contribution in [0.3, 0.4) is 0 Å². The number of benzene rings is 2. The van der Waals surface area contributed by atoms with Crippen LogP contribution in [-0.2, 0) is 17.9 Å². The van der Waals surface area contributed by atoms with Gasteiger partial charge in [-0.15, -0.1) is 24.0 Å². The Morgan fingerprint density at radius 2 is 1.72 bits per heavy atom. The summed E-state index contributed by atoms with van der Waals surface area (Å²) in [6.07, 6.45) is 0. The van der Waals surface area contributed by atoms with Crippen molar-refractivity contribution < 1.29 is 18.7 Å². The average molecular weight is 558 g/mol. The number of carbonyl (C=O) groups is 1. The van der Waals surface area contributed by atoms with Crippen LogP contribution < -0.4 is 25.4 Å². The molecule has 9 heteroatoms. The number of methoxy groups -OCH3 is 1. The van der Waals surface area contributed by atoms with Crippen molar-refractivity contribution in [2.24, 2.45) is 4.99 Å². The molecular formula is C23H32FIN4O3. The topological polar surface area (TPSA) is 84.0 Å². The van der Waals surface area contributed by atoms with Crippen LogP contribution in [0.5, 0.6) is 11.5 Å². The molecule has 0 aromatic heterocycles. The van der Waals surface area contributed by atoms with Gasteiger partial charge in [0, 0.05) is 19.6 Å². The normalized spacial score (nSPS) is 10.7. The van der Waals surface area contributed by atoms with E-state index in [-0.39, 0.29) is 42.3 Å². The maximum atomic E-state index is 13.4. The van der Waals surface area contributed by atoms with Gasteiger partial charge >= 0.3 is 0 Å². The molecule has 2 aromatic carbocycles. The van der Waals surface area contributed by atoms with Crippen molar-refractivity contribution in [1.29, 1.82) is 0 Å². The first-order chi connectivity index (χ1) is 15.0. The van der Waals surface area contributed by atoms with Crippen molar-refractivity contribution in [2.75, 3.05) is 26.8 Å². The number of amides is 1. The van der Waals surface area contributed by atoms with Gasteiger partial charge in [0.25, 0.3) is 5.91 Å². The molecule has 0 atom stereocenters. The molecule has 7 nitrogen and oxygen atoms in total. The lowest BCUT2D eigenvalue weighted by Crippen LogP contribution is -2.36. The largest absolute Gasteiger partial charge is 0.493 e. The van der Waals surface area contributed by atoms with Crippen LogP contribution in [-0.4, -0.2) is 38.7 Å². The van der Waals surface area contributed by atoms with Gasteiger partial charge < -0.3 is 25.4 Å². The molecule has 0 spiro atoms. The predicted molar refractivity (Wildman–Crippen MR) is 135 cm³/mol. The van der Waals surface area contributed by atoms with Crippen LogP contribution in [0.4, 0.5) is 4.39 Å². The van der Waals surface area contributed by atoms with Crippen molar-refractivity contribution in [1.82, 2.24) is 16.0 Å². The van der Waals surface area contributed by atoms with Gasteiger partial charge in [-0.05, 0) is 55.7 Å². The molecule has 0 unspecified atom stereocenters. The van der Waals surface area contributed by atoms with Gasteiger partial charge in [0.05, 0.1) is 13.7 Å². The Kier molecular flexibility index (Phi) is 12.4. The van der Waals surface area contributed by atoms with Crippen molar-refractivity contribution in [3.63, 3.8) is 0 Å². The summed E-state index contributed by atoms with van der Waals surface area (Å²) in [5.74, 6) is 1.31. The van der Waals surface area contributed by atoms with E-state index >= 15 is 0 Å². The van der Waals surface area contributed by atoms with Crippen LogP contribution in [0.2, 0.25) is 0 Å². The highest BCUT2D eigenvalue weighted by molar-refractivity contribution is 14.0. The quantitative estimate of drug-likeness (QED) is 0.236. The Morgan fingerprint density at radius 1 is 1.00 bits per heavy atom. The van der Waals surface area contributed by atoms with Gasteiger partial charge in [0.2, 0.25) is 0 Å². The molecule has 0 aliphatic carbocycles. The first-order valence-electron chi connectivity index (χ1n) is 10.3. The van der Waals surface area contributed by atoms with Crippen LogP contribution in [0.15, 0.2) is 41.4 Å². The summed E-state index contributed by atoms with van der Waals surface area (Å²) in [6, 6.07) is 10.5. The maximum Gasteiger partial charge on any atom is 0.257 e. The van der Waals surface area contributed by atoms with E-state index in [1.54, 1.807) is 32.2 Å². The highest BCUT2D eigenvalue weighted by atomic mass is 127. The number of ether oxygens (including phenoxy) is 2. The van der Waals surface area contributed by atoms with Crippen LogP contribution in [0, 0.1) is 12.7 Å². The van der Waals surface area contributed by atoms with Crippen LogP contribution in [0.1, 0.15) is 30.5 Å². The molecule has 0 radical (unpaired) electrons. The number of rotatable bonds is 10. The molecule has 0 aliphatic heterocycles. The molecule has 32 heavy (non-hydrogen) atoms. The molecule has 0 aliphatic rings. The molecule has 2 rings (SSSR count). The van der Waals surface area contributed by atoms with E-state index in [0.29, 0.717) is 49.2 Å². The molecule has 0 heterocycles. The summed E-state index contributed by atoms with van der Waals surface area (Å²) in [5.41, 5.74) is 2.50. The monoisotopic (exact) mass is 558 g/mol. The van der Waals surface area contributed by atoms with Gasteiger partial charge in [-0.2, -0.15) is 0 Å². The fourth-order valence-corrected chi connectivity index (χ4v) is 2.84. The fourth-order valence-electron chi connectivity index (χ4n) is 2.84. The third-order valence-electron chi connectivity index (χ3n) is 4.41. The summed E-state index contributed by atoms with van der Waals surface area (Å²) in [6.45, 7) is 7.73. The predicted octanol–water partition coefficient (Wildman–Crippen LogP) is 3.53. The molecule has 0 fully saturated rings. The number of guanidine groups is 1. The Hall–Kier alpha value is -2.56. The summed E-state index contributed by atoms with van der Waals surface area (Å²) in [5, 5.41) is 9.16. The molecule has 3 N–H and O–H groups in total. The summed E-state index contributed by atoms with van der Waals surface area (Å²) in [4.78, 5) is 16.2. The Labute approximate surface area is 206 Å². The van der Waals surface area contributed by atoms with E-state index in [9.17, 15) is 9.18 Å². The lowest BCUT2D eigenvalue weighted by Gasteiger charge is -2.14. The van der Waals surface area contributed by atoms with Gasteiger partial charge in [-0.25, -0.2) is 9.38 Å². The minimum Gasteiger partial charge on any atom is -0.493 e. The first kappa shape index (κ1) is 27.5. The standard InChI is InChI=1S/C23H31FN4O3.HI/c1-5-25-22(29)15-31-20-10-8-18(12-21(20)30-4)14-28-23(26-6-2)27-13-17-7-9-19(24)16(3)11-17;/h7-12H,5-6,13-15H2,1-4H3,(H,25,29)(H2,26,27,28);1H. The van der Waals surface area contributed by atoms with E-state index in [1.807, 2.05) is 26.0 Å². The molecular weight excluding hydrogens is 526 g/mol. The number of nitrogens with zero attached hydrogens (tertiary/aromatic N) is 1. The lowest BCUT2D eigenvalue weighted by molar-refractivity contribution is -0.123. The van der Waals surface area contributed by atoms with Gasteiger partial charge in [0.1, 0.15) is 5.82 Å². The number of likely N-dealkylation sites (N-methyl/N-ethyl adjacent to an activating group) is 1. The van der Waals surface area contributed by atoms with E-state index in [4.69, 9.17) is 9.47 Å². The van der Waals surface area contributed by atoms with E-state index in [1.165, 1.54) is 6.07 Å². The van der Waals surface area contributed by atoms with Crippen molar-refractivity contribution in [3.8, 4) is 11.5 Å². The number of nitrogens with one attached hydrogen (secondary N) is 3. The lowest BCUT2D eigenvalue weighted by atomic mass is 10.1. The summed E-state index contributed by atoms with van der Waals surface area (Å²) >= 11 is 0. The third kappa shape index (κ3) is 8.89. The average Bonchev–Trinajstić information content (AvgIpc) is 2.77. The highest BCUT2D eigenvalue weighted by Crippen LogP contribution is 2.28. The van der Waals surface area contributed by atoms with Gasteiger partial charge in [-0.3, -0.25) is 4.79 Å². The number of halogens is 2. The van der Waals surface area contributed by atoms with E-state index < -0.39 is 0 Å². The van der Waals surface area contributed by atoms with Crippen LogP contribution in [0.25, 0.3) is 0 Å². The smallest absolute Gasteiger partial charge is 0.257 e. The fraction of sp³-hybridized carbons (Fsp3) is 0.391. The zero-order valence-corrected chi connectivity index (χ0v) is 21.3. The second kappa shape index (κ2) is 14.5. The van der Waals surface area contributed by atoms with Gasteiger partial charge in [-0.1, -0.05) is 18.2 Å². The number of hydrogen-bond donors (Lipinski definition) is 3. The second-order valence-corrected chi connectivity index (χ2v) is 6.86. The zero-order chi connectivity index (χ0) is 22.6. The molecule has 0 saturated carbocycles. The molecule has 1 amide bonds. The number of hydrogen-bond acceptors (Lipinski definition) is 4. The summed E-state index contributed by atoms with van der Waals surface area (Å²) < 4.78 is 24.4.